The number of hydrogen-bond acceptors (Lipinski definition) is 3. The summed E-state index contributed by atoms with van der Waals surface area (Å²) in [6.45, 7) is 7.73. The zero-order valence-electron chi connectivity index (χ0n) is 11.5. The lowest BCUT2D eigenvalue weighted by molar-refractivity contribution is 0.283. The zero-order valence-corrected chi connectivity index (χ0v) is 13.1. The van der Waals surface area contributed by atoms with E-state index in [1.54, 1.807) is 10.4 Å². The van der Waals surface area contributed by atoms with Crippen molar-refractivity contribution in [2.45, 2.75) is 31.7 Å². The fraction of sp³-hybridized carbons (Fsp3) is 0.538. The van der Waals surface area contributed by atoms with Gasteiger partial charge in [-0.1, -0.05) is 17.7 Å². The molecule has 0 bridgehead atoms. The minimum absolute atomic E-state index is 0. The van der Waals surface area contributed by atoms with Gasteiger partial charge in [0.15, 0.2) is 0 Å². The van der Waals surface area contributed by atoms with Gasteiger partial charge >= 0.3 is 0 Å². The molecule has 6 heteroatoms. The highest BCUT2D eigenvalue weighted by molar-refractivity contribution is 7.89. The predicted molar refractivity (Wildman–Crippen MR) is 79.4 cm³/mol. The molecular weight excluding hydrogens is 284 g/mol. The molecule has 1 saturated heterocycles. The summed E-state index contributed by atoms with van der Waals surface area (Å²) in [6.07, 6.45) is 0. The summed E-state index contributed by atoms with van der Waals surface area (Å²) in [6, 6.07) is 5.49. The van der Waals surface area contributed by atoms with Gasteiger partial charge in [0.2, 0.25) is 10.0 Å². The van der Waals surface area contributed by atoms with Crippen molar-refractivity contribution >= 4 is 22.4 Å². The Balaban J connectivity index is 0.00000180. The molecule has 1 fully saturated rings. The Bertz CT molecular complexity index is 546. The minimum atomic E-state index is -3.37. The third-order valence-electron chi connectivity index (χ3n) is 3.36. The van der Waals surface area contributed by atoms with Crippen LogP contribution in [0.1, 0.15) is 18.1 Å². The fourth-order valence-corrected chi connectivity index (χ4v) is 4.23. The molecule has 0 radical (unpaired) electrons. The maximum Gasteiger partial charge on any atom is 0.243 e. The van der Waals surface area contributed by atoms with Crippen LogP contribution in [0, 0.1) is 13.8 Å². The van der Waals surface area contributed by atoms with Gasteiger partial charge in [-0.3, -0.25) is 0 Å². The van der Waals surface area contributed by atoms with Crippen LogP contribution in [0.15, 0.2) is 23.1 Å². The Kier molecular flexibility index (Phi) is 5.38. The second-order valence-electron chi connectivity index (χ2n) is 4.94. The first-order chi connectivity index (χ1) is 8.43. The molecule has 2 rings (SSSR count). The van der Waals surface area contributed by atoms with Crippen LogP contribution in [-0.2, 0) is 10.0 Å². The molecule has 1 atom stereocenters. The third-order valence-corrected chi connectivity index (χ3v) is 5.53. The molecule has 1 aromatic carbocycles. The van der Waals surface area contributed by atoms with Crippen LogP contribution < -0.4 is 5.32 Å². The molecule has 0 amide bonds. The molecule has 4 nitrogen and oxygen atoms in total. The van der Waals surface area contributed by atoms with Crippen LogP contribution >= 0.6 is 12.4 Å². The Labute approximate surface area is 121 Å². The number of nitrogens with zero attached hydrogens (tertiary/aromatic N) is 1. The number of benzene rings is 1. The number of hydrogen-bond donors (Lipinski definition) is 1. The molecule has 0 aromatic heterocycles. The molecule has 0 unspecified atom stereocenters. The number of nitrogens with one attached hydrogen (secondary N) is 1. The van der Waals surface area contributed by atoms with Gasteiger partial charge in [0.1, 0.15) is 0 Å². The van der Waals surface area contributed by atoms with Crippen molar-refractivity contribution in [3.05, 3.63) is 29.3 Å². The van der Waals surface area contributed by atoms with Crippen LogP contribution in [0.5, 0.6) is 0 Å². The van der Waals surface area contributed by atoms with Crippen molar-refractivity contribution in [2.75, 3.05) is 19.6 Å². The molecule has 19 heavy (non-hydrogen) atoms. The van der Waals surface area contributed by atoms with Crippen molar-refractivity contribution in [3.63, 3.8) is 0 Å². The SMILES string of the molecule is Cc1ccc(S(=O)(=O)N2CCNC[C@@H]2C)c(C)c1.Cl. The lowest BCUT2D eigenvalue weighted by Gasteiger charge is -2.33. The van der Waals surface area contributed by atoms with Gasteiger partial charge < -0.3 is 5.32 Å². The van der Waals surface area contributed by atoms with Gasteiger partial charge in [0, 0.05) is 25.7 Å². The smallest absolute Gasteiger partial charge is 0.243 e. The van der Waals surface area contributed by atoms with Crippen LogP contribution in [0.4, 0.5) is 0 Å². The first-order valence-electron chi connectivity index (χ1n) is 6.23. The van der Waals surface area contributed by atoms with Crippen LogP contribution in [0.25, 0.3) is 0 Å². The summed E-state index contributed by atoms with van der Waals surface area (Å²) in [4.78, 5) is 0.432. The molecule has 1 aromatic rings. The van der Waals surface area contributed by atoms with E-state index < -0.39 is 10.0 Å². The Hall–Kier alpha value is -0.620. The Morgan fingerprint density at radius 2 is 2.00 bits per heavy atom. The molecule has 0 saturated carbocycles. The van der Waals surface area contributed by atoms with Crippen molar-refractivity contribution < 1.29 is 8.42 Å². The highest BCUT2D eigenvalue weighted by Crippen LogP contribution is 2.23. The minimum Gasteiger partial charge on any atom is -0.314 e. The largest absolute Gasteiger partial charge is 0.314 e. The average molecular weight is 305 g/mol. The van der Waals surface area contributed by atoms with Gasteiger partial charge in [-0.05, 0) is 32.4 Å². The van der Waals surface area contributed by atoms with Crippen LogP contribution in [0.3, 0.4) is 0 Å². The summed E-state index contributed by atoms with van der Waals surface area (Å²) < 4.78 is 26.9. The summed E-state index contributed by atoms with van der Waals surface area (Å²) in [5.74, 6) is 0. The van der Waals surface area contributed by atoms with Gasteiger partial charge in [-0.25, -0.2) is 8.42 Å². The number of sulfonamides is 1. The van der Waals surface area contributed by atoms with E-state index in [-0.39, 0.29) is 18.4 Å². The van der Waals surface area contributed by atoms with E-state index in [1.165, 1.54) is 0 Å². The van der Waals surface area contributed by atoms with Crippen molar-refractivity contribution in [2.24, 2.45) is 0 Å². The second-order valence-corrected chi connectivity index (χ2v) is 6.80. The van der Waals surface area contributed by atoms with E-state index in [9.17, 15) is 8.42 Å². The van der Waals surface area contributed by atoms with E-state index >= 15 is 0 Å². The van der Waals surface area contributed by atoms with E-state index in [0.29, 0.717) is 24.5 Å². The predicted octanol–water partition coefficient (Wildman–Crippen LogP) is 1.71. The van der Waals surface area contributed by atoms with Gasteiger partial charge in [0.05, 0.1) is 4.90 Å². The lowest BCUT2D eigenvalue weighted by Crippen LogP contribution is -2.52. The number of piperazine rings is 1. The molecule has 1 aliphatic rings. The maximum absolute atomic E-state index is 12.6. The first-order valence-corrected chi connectivity index (χ1v) is 7.67. The van der Waals surface area contributed by atoms with Gasteiger partial charge in [-0.2, -0.15) is 4.31 Å². The number of rotatable bonds is 2. The third kappa shape index (κ3) is 3.28. The zero-order chi connectivity index (χ0) is 13.3. The van der Waals surface area contributed by atoms with Gasteiger partial charge in [0.25, 0.3) is 0 Å². The van der Waals surface area contributed by atoms with Crippen LogP contribution in [-0.4, -0.2) is 38.4 Å². The van der Waals surface area contributed by atoms with Crippen molar-refractivity contribution in [3.8, 4) is 0 Å². The molecule has 0 spiro atoms. The normalized spacial score (nSPS) is 20.9. The summed E-state index contributed by atoms with van der Waals surface area (Å²) in [5, 5.41) is 3.21. The van der Waals surface area contributed by atoms with E-state index in [2.05, 4.69) is 5.32 Å². The summed E-state index contributed by atoms with van der Waals surface area (Å²) >= 11 is 0. The average Bonchev–Trinajstić information content (AvgIpc) is 2.28. The number of aryl methyl sites for hydroxylation is 2. The monoisotopic (exact) mass is 304 g/mol. The Morgan fingerprint density at radius 3 is 2.58 bits per heavy atom. The van der Waals surface area contributed by atoms with Gasteiger partial charge in [-0.15, -0.1) is 12.4 Å². The summed E-state index contributed by atoms with van der Waals surface area (Å²) in [5.41, 5.74) is 1.90. The van der Waals surface area contributed by atoms with Crippen molar-refractivity contribution in [1.82, 2.24) is 9.62 Å². The Morgan fingerprint density at radius 1 is 1.32 bits per heavy atom. The molecule has 1 N–H and O–H groups in total. The fourth-order valence-electron chi connectivity index (χ4n) is 2.39. The maximum atomic E-state index is 12.6. The highest BCUT2D eigenvalue weighted by atomic mass is 35.5. The second kappa shape index (κ2) is 6.22. The quantitative estimate of drug-likeness (QED) is 0.905. The molecule has 108 valence electrons. The summed E-state index contributed by atoms with van der Waals surface area (Å²) in [7, 11) is -3.37. The molecule has 0 aliphatic carbocycles. The molecule has 1 aliphatic heterocycles. The van der Waals surface area contributed by atoms with E-state index in [4.69, 9.17) is 0 Å². The molecular formula is C13H21ClN2O2S. The van der Waals surface area contributed by atoms with Crippen molar-refractivity contribution in [1.29, 1.82) is 0 Å². The topological polar surface area (TPSA) is 49.4 Å². The first kappa shape index (κ1) is 16.4. The molecule has 1 heterocycles. The lowest BCUT2D eigenvalue weighted by atomic mass is 10.2. The van der Waals surface area contributed by atoms with E-state index in [1.807, 2.05) is 32.9 Å². The highest BCUT2D eigenvalue weighted by Gasteiger charge is 2.31. The standard InChI is InChI=1S/C13H20N2O2S.ClH/c1-10-4-5-13(11(2)8-10)18(16,17)15-7-6-14-9-12(15)3;/h4-5,8,12,14H,6-7,9H2,1-3H3;1H/t12-;/m0./s1. The number of halogens is 1. The van der Waals surface area contributed by atoms with E-state index in [0.717, 1.165) is 11.1 Å². The van der Waals surface area contributed by atoms with Crippen LogP contribution in [0.2, 0.25) is 0 Å².